The fourth-order valence-corrected chi connectivity index (χ4v) is 3.61. The quantitative estimate of drug-likeness (QED) is 0.887. The molecule has 0 aromatic heterocycles. The highest BCUT2D eigenvalue weighted by atomic mass is 35.5. The number of aliphatic hydroxyl groups is 1. The van der Waals surface area contributed by atoms with E-state index in [2.05, 4.69) is 4.72 Å². The molecule has 0 heterocycles. The summed E-state index contributed by atoms with van der Waals surface area (Å²) in [5.41, 5.74) is -0.778. The first kappa shape index (κ1) is 13.7. The average Bonchev–Trinajstić information content (AvgIpc) is 2.27. The van der Waals surface area contributed by atoms with Crippen LogP contribution < -0.4 is 4.72 Å². The highest BCUT2D eigenvalue weighted by Crippen LogP contribution is 2.33. The number of halogens is 2. The van der Waals surface area contributed by atoms with E-state index in [0.29, 0.717) is 12.8 Å². The largest absolute Gasteiger partial charge is 0.394 e. The Kier molecular flexibility index (Phi) is 3.64. The van der Waals surface area contributed by atoms with Gasteiger partial charge in [-0.1, -0.05) is 11.6 Å². The van der Waals surface area contributed by atoms with Gasteiger partial charge in [0.25, 0.3) is 0 Å². The van der Waals surface area contributed by atoms with E-state index < -0.39 is 21.4 Å². The summed E-state index contributed by atoms with van der Waals surface area (Å²) < 4.78 is 39.6. The highest BCUT2D eigenvalue weighted by molar-refractivity contribution is 7.89. The maximum atomic E-state index is 13.0. The lowest BCUT2D eigenvalue weighted by molar-refractivity contribution is 0.110. The highest BCUT2D eigenvalue weighted by Gasteiger charge is 2.40. The fraction of sp³-hybridized carbons (Fsp3) is 0.455. The van der Waals surface area contributed by atoms with Crippen LogP contribution in [-0.2, 0) is 10.0 Å². The maximum absolute atomic E-state index is 13.0. The third kappa shape index (κ3) is 2.51. The molecule has 4 nitrogen and oxygen atoms in total. The molecule has 18 heavy (non-hydrogen) atoms. The van der Waals surface area contributed by atoms with Crippen LogP contribution in [0.2, 0.25) is 5.02 Å². The van der Waals surface area contributed by atoms with Crippen LogP contribution in [0.5, 0.6) is 0 Å². The van der Waals surface area contributed by atoms with Crippen molar-refractivity contribution in [1.29, 1.82) is 0 Å². The van der Waals surface area contributed by atoms with Gasteiger partial charge in [-0.05, 0) is 37.5 Å². The van der Waals surface area contributed by atoms with Gasteiger partial charge in [-0.25, -0.2) is 17.5 Å². The number of hydrogen-bond acceptors (Lipinski definition) is 3. The van der Waals surface area contributed by atoms with Crippen molar-refractivity contribution < 1.29 is 17.9 Å². The Morgan fingerprint density at radius 2 is 2.11 bits per heavy atom. The summed E-state index contributed by atoms with van der Waals surface area (Å²) in [4.78, 5) is -0.103. The molecule has 2 N–H and O–H groups in total. The van der Waals surface area contributed by atoms with Gasteiger partial charge in [0.2, 0.25) is 10.0 Å². The molecule has 1 aromatic rings. The molecule has 0 spiro atoms. The smallest absolute Gasteiger partial charge is 0.241 e. The number of sulfonamides is 1. The molecule has 0 bridgehead atoms. The fourth-order valence-electron chi connectivity index (χ4n) is 1.88. The second-order valence-corrected chi connectivity index (χ2v) is 6.56. The van der Waals surface area contributed by atoms with Crippen molar-refractivity contribution in [3.05, 3.63) is 29.0 Å². The number of benzene rings is 1. The molecule has 0 atom stereocenters. The van der Waals surface area contributed by atoms with Crippen molar-refractivity contribution in [2.75, 3.05) is 6.61 Å². The molecule has 0 saturated heterocycles. The normalized spacial score (nSPS) is 18.4. The van der Waals surface area contributed by atoms with Crippen LogP contribution in [0.1, 0.15) is 19.3 Å². The van der Waals surface area contributed by atoms with Crippen LogP contribution in [0.15, 0.2) is 23.1 Å². The molecule has 0 radical (unpaired) electrons. The Labute approximate surface area is 110 Å². The lowest BCUT2D eigenvalue weighted by Crippen LogP contribution is -2.55. The first-order valence-corrected chi connectivity index (χ1v) is 7.35. The summed E-state index contributed by atoms with van der Waals surface area (Å²) in [5.74, 6) is -0.670. The zero-order valence-corrected chi connectivity index (χ0v) is 11.1. The van der Waals surface area contributed by atoms with E-state index in [9.17, 15) is 17.9 Å². The van der Waals surface area contributed by atoms with E-state index in [0.717, 1.165) is 24.6 Å². The van der Waals surface area contributed by atoms with Crippen molar-refractivity contribution in [1.82, 2.24) is 4.72 Å². The molecule has 0 unspecified atom stereocenters. The number of aliphatic hydroxyl groups excluding tert-OH is 1. The van der Waals surface area contributed by atoms with Crippen LogP contribution in [0.3, 0.4) is 0 Å². The topological polar surface area (TPSA) is 66.4 Å². The maximum Gasteiger partial charge on any atom is 0.241 e. The summed E-state index contributed by atoms with van der Waals surface area (Å²) in [6.07, 6.45) is 2.06. The van der Waals surface area contributed by atoms with E-state index in [1.807, 2.05) is 0 Å². The molecule has 0 aliphatic heterocycles. The minimum Gasteiger partial charge on any atom is -0.394 e. The molecular weight excluding hydrogens is 281 g/mol. The first-order valence-electron chi connectivity index (χ1n) is 5.48. The molecule has 7 heteroatoms. The molecule has 2 rings (SSSR count). The minimum atomic E-state index is -3.79. The summed E-state index contributed by atoms with van der Waals surface area (Å²) in [5, 5.41) is 8.99. The predicted molar refractivity (Wildman–Crippen MR) is 65.4 cm³/mol. The molecule has 1 fully saturated rings. The molecule has 100 valence electrons. The molecular formula is C11H13ClFNO3S. The van der Waals surface area contributed by atoms with Gasteiger partial charge in [-0.3, -0.25) is 0 Å². The van der Waals surface area contributed by atoms with Crippen LogP contribution in [0, 0.1) is 5.82 Å². The number of rotatable bonds is 4. The summed E-state index contributed by atoms with van der Waals surface area (Å²) in [6, 6.07) is 3.21. The van der Waals surface area contributed by atoms with Gasteiger partial charge >= 0.3 is 0 Å². The van der Waals surface area contributed by atoms with Crippen molar-refractivity contribution in [2.24, 2.45) is 0 Å². The standard InChI is InChI=1S/C11H13ClFNO3S/c12-9-6-8(2-3-10(9)13)18(16,17)14-11(7-15)4-1-5-11/h2-3,6,14-15H,1,4-5,7H2. The SMILES string of the molecule is O=S(=O)(NC1(CO)CCC1)c1ccc(F)c(Cl)c1. The van der Waals surface area contributed by atoms with Gasteiger partial charge in [0, 0.05) is 0 Å². The van der Waals surface area contributed by atoms with Gasteiger partial charge in [0.05, 0.1) is 22.1 Å². The monoisotopic (exact) mass is 293 g/mol. The van der Waals surface area contributed by atoms with E-state index in [-0.39, 0.29) is 16.5 Å². The second-order valence-electron chi connectivity index (χ2n) is 4.47. The lowest BCUT2D eigenvalue weighted by Gasteiger charge is -2.40. The Bertz CT molecular complexity index is 552. The minimum absolute atomic E-state index is 0.103. The number of hydrogen-bond donors (Lipinski definition) is 2. The summed E-state index contributed by atoms with van der Waals surface area (Å²) in [6.45, 7) is -0.249. The van der Waals surface area contributed by atoms with Gasteiger partial charge in [0.15, 0.2) is 0 Å². The summed E-state index contributed by atoms with van der Waals surface area (Å²) >= 11 is 5.56. The van der Waals surface area contributed by atoms with Crippen molar-refractivity contribution >= 4 is 21.6 Å². The van der Waals surface area contributed by atoms with Crippen molar-refractivity contribution in [2.45, 2.75) is 29.7 Å². The van der Waals surface area contributed by atoms with E-state index in [1.54, 1.807) is 0 Å². The first-order chi connectivity index (χ1) is 8.38. The molecule has 1 aromatic carbocycles. The van der Waals surface area contributed by atoms with Gasteiger partial charge in [-0.2, -0.15) is 0 Å². The van der Waals surface area contributed by atoms with Crippen LogP contribution >= 0.6 is 11.6 Å². The van der Waals surface area contributed by atoms with Gasteiger partial charge < -0.3 is 5.11 Å². The second kappa shape index (κ2) is 4.77. The zero-order chi connectivity index (χ0) is 13.4. The Hall–Kier alpha value is -0.690. The van der Waals surface area contributed by atoms with E-state index in [1.165, 1.54) is 0 Å². The molecule has 1 aliphatic carbocycles. The van der Waals surface area contributed by atoms with Crippen LogP contribution in [0.4, 0.5) is 4.39 Å². The molecule has 0 amide bonds. The predicted octanol–water partition coefficient (Wildman–Crippen LogP) is 1.67. The van der Waals surface area contributed by atoms with Gasteiger partial charge in [-0.15, -0.1) is 0 Å². The van der Waals surface area contributed by atoms with Crippen LogP contribution in [-0.4, -0.2) is 25.7 Å². The van der Waals surface area contributed by atoms with Crippen LogP contribution in [0.25, 0.3) is 0 Å². The average molecular weight is 294 g/mol. The lowest BCUT2D eigenvalue weighted by atomic mass is 9.78. The molecule has 1 aliphatic rings. The van der Waals surface area contributed by atoms with E-state index >= 15 is 0 Å². The zero-order valence-electron chi connectivity index (χ0n) is 9.49. The summed E-state index contributed by atoms with van der Waals surface area (Å²) in [7, 11) is -3.79. The number of nitrogens with one attached hydrogen (secondary N) is 1. The molecule has 1 saturated carbocycles. The third-order valence-corrected chi connectivity index (χ3v) is 5.03. The van der Waals surface area contributed by atoms with Crippen molar-refractivity contribution in [3.8, 4) is 0 Å². The Morgan fingerprint density at radius 3 is 2.56 bits per heavy atom. The Balaban J connectivity index is 2.28. The van der Waals surface area contributed by atoms with Crippen molar-refractivity contribution in [3.63, 3.8) is 0 Å². The van der Waals surface area contributed by atoms with E-state index in [4.69, 9.17) is 11.6 Å². The third-order valence-electron chi connectivity index (χ3n) is 3.17. The Morgan fingerprint density at radius 1 is 1.44 bits per heavy atom. The van der Waals surface area contributed by atoms with Gasteiger partial charge in [0.1, 0.15) is 5.82 Å².